The number of hydrogen-bond acceptors (Lipinski definition) is 3. The predicted molar refractivity (Wildman–Crippen MR) is 110 cm³/mol. The lowest BCUT2D eigenvalue weighted by molar-refractivity contribution is 0.00578. The molecule has 1 heterocycles. The molecule has 1 aliphatic carbocycles. The summed E-state index contributed by atoms with van der Waals surface area (Å²) in [5, 5.41) is 3.17. The molecule has 2 fully saturated rings. The fourth-order valence-electron chi connectivity index (χ4n) is 3.91. The summed E-state index contributed by atoms with van der Waals surface area (Å²) in [5.41, 5.74) is 1.83. The summed E-state index contributed by atoms with van der Waals surface area (Å²) in [6.45, 7) is 10.9. The number of aryl methyl sites for hydroxylation is 1. The standard InChI is InChI=1S/C22H34BNO3/c1-16-12-13-18(23-26-21(2,3)22(4,5)27-23)14-19(16)20(25)24-15-17-10-8-6-7-9-11-17/h12-14,17H,6-11,15H2,1-5H3,(H,24,25). The first-order valence-electron chi connectivity index (χ1n) is 10.4. The fraction of sp³-hybridized carbons (Fsp3) is 0.682. The molecule has 0 unspecified atom stereocenters. The van der Waals surface area contributed by atoms with Crippen LogP contribution in [0, 0.1) is 12.8 Å². The van der Waals surface area contributed by atoms with Gasteiger partial charge in [0.25, 0.3) is 5.91 Å². The van der Waals surface area contributed by atoms with Crippen LogP contribution in [0.4, 0.5) is 0 Å². The van der Waals surface area contributed by atoms with Crippen LogP contribution in [0.25, 0.3) is 0 Å². The Labute approximate surface area is 164 Å². The predicted octanol–water partition coefficient (Wildman–Crippen LogP) is 3.99. The van der Waals surface area contributed by atoms with Crippen LogP contribution in [0.15, 0.2) is 18.2 Å². The lowest BCUT2D eigenvalue weighted by atomic mass is 9.77. The molecule has 5 heteroatoms. The van der Waals surface area contributed by atoms with Gasteiger partial charge in [-0.15, -0.1) is 0 Å². The van der Waals surface area contributed by atoms with Crippen molar-refractivity contribution in [3.05, 3.63) is 29.3 Å². The highest BCUT2D eigenvalue weighted by Crippen LogP contribution is 2.36. The first-order valence-corrected chi connectivity index (χ1v) is 10.4. The normalized spacial score (nSPS) is 22.5. The average Bonchev–Trinajstić information content (AvgIpc) is 2.78. The first-order chi connectivity index (χ1) is 12.7. The zero-order chi connectivity index (χ0) is 19.7. The summed E-state index contributed by atoms with van der Waals surface area (Å²) in [4.78, 5) is 12.8. The minimum Gasteiger partial charge on any atom is -0.399 e. The number of amides is 1. The molecule has 148 valence electrons. The molecule has 3 rings (SSSR count). The summed E-state index contributed by atoms with van der Waals surface area (Å²) in [6, 6.07) is 5.92. The summed E-state index contributed by atoms with van der Waals surface area (Å²) >= 11 is 0. The number of carbonyl (C=O) groups excluding carboxylic acids is 1. The Morgan fingerprint density at radius 3 is 2.26 bits per heavy atom. The minimum atomic E-state index is -0.441. The fourth-order valence-corrected chi connectivity index (χ4v) is 3.91. The summed E-state index contributed by atoms with van der Waals surface area (Å²) in [7, 11) is -0.441. The van der Waals surface area contributed by atoms with Crippen LogP contribution in [0.1, 0.15) is 82.1 Å². The van der Waals surface area contributed by atoms with Gasteiger partial charge in [0, 0.05) is 12.1 Å². The quantitative estimate of drug-likeness (QED) is 0.643. The largest absolute Gasteiger partial charge is 0.494 e. The molecule has 0 atom stereocenters. The van der Waals surface area contributed by atoms with Crippen molar-refractivity contribution in [1.82, 2.24) is 5.32 Å². The minimum absolute atomic E-state index is 0.00937. The third-order valence-electron chi connectivity index (χ3n) is 6.56. The van der Waals surface area contributed by atoms with E-state index in [1.165, 1.54) is 38.5 Å². The molecular weight excluding hydrogens is 337 g/mol. The molecule has 0 aromatic heterocycles. The maximum absolute atomic E-state index is 12.8. The highest BCUT2D eigenvalue weighted by atomic mass is 16.7. The van der Waals surface area contributed by atoms with Crippen LogP contribution < -0.4 is 10.8 Å². The zero-order valence-corrected chi connectivity index (χ0v) is 17.6. The molecule has 0 spiro atoms. The molecule has 0 radical (unpaired) electrons. The van der Waals surface area contributed by atoms with E-state index in [0.29, 0.717) is 5.92 Å². The van der Waals surface area contributed by atoms with E-state index < -0.39 is 7.12 Å². The Morgan fingerprint density at radius 1 is 1.07 bits per heavy atom. The Balaban J connectivity index is 1.69. The summed E-state index contributed by atoms with van der Waals surface area (Å²) in [5.74, 6) is 0.623. The molecule has 4 nitrogen and oxygen atoms in total. The van der Waals surface area contributed by atoms with Crippen molar-refractivity contribution in [1.29, 1.82) is 0 Å². The molecule has 1 N–H and O–H groups in total. The zero-order valence-electron chi connectivity index (χ0n) is 17.6. The Morgan fingerprint density at radius 2 is 1.67 bits per heavy atom. The Bertz CT molecular complexity index is 662. The van der Waals surface area contributed by atoms with Gasteiger partial charge >= 0.3 is 7.12 Å². The van der Waals surface area contributed by atoms with Crippen molar-refractivity contribution in [2.24, 2.45) is 5.92 Å². The van der Waals surface area contributed by atoms with Gasteiger partial charge < -0.3 is 14.6 Å². The third kappa shape index (κ3) is 4.57. The van der Waals surface area contributed by atoms with Crippen LogP contribution >= 0.6 is 0 Å². The number of rotatable bonds is 4. The molecule has 1 aromatic rings. The summed E-state index contributed by atoms with van der Waals surface area (Å²) in [6.07, 6.45) is 7.70. The number of benzene rings is 1. The second-order valence-corrected chi connectivity index (χ2v) is 9.23. The molecule has 1 aliphatic heterocycles. The van der Waals surface area contributed by atoms with Gasteiger partial charge in [-0.2, -0.15) is 0 Å². The van der Waals surface area contributed by atoms with E-state index >= 15 is 0 Å². The monoisotopic (exact) mass is 371 g/mol. The topological polar surface area (TPSA) is 47.6 Å². The van der Waals surface area contributed by atoms with E-state index in [4.69, 9.17) is 9.31 Å². The molecule has 27 heavy (non-hydrogen) atoms. The van der Waals surface area contributed by atoms with E-state index in [1.54, 1.807) is 0 Å². The lowest BCUT2D eigenvalue weighted by Crippen LogP contribution is -2.41. The maximum Gasteiger partial charge on any atom is 0.494 e. The van der Waals surface area contributed by atoms with E-state index in [9.17, 15) is 4.79 Å². The highest BCUT2D eigenvalue weighted by molar-refractivity contribution is 6.62. The van der Waals surface area contributed by atoms with Crippen molar-refractivity contribution < 1.29 is 14.1 Å². The number of carbonyl (C=O) groups is 1. The Kier molecular flexibility index (Phi) is 6.02. The third-order valence-corrected chi connectivity index (χ3v) is 6.56. The maximum atomic E-state index is 12.8. The molecule has 1 aromatic carbocycles. The van der Waals surface area contributed by atoms with Crippen molar-refractivity contribution >= 4 is 18.5 Å². The van der Waals surface area contributed by atoms with Gasteiger partial charge in [0.1, 0.15) is 0 Å². The van der Waals surface area contributed by atoms with Crippen LogP contribution in [0.2, 0.25) is 0 Å². The van der Waals surface area contributed by atoms with Crippen LogP contribution in [0.3, 0.4) is 0 Å². The molecular formula is C22H34BNO3. The van der Waals surface area contributed by atoms with Gasteiger partial charge in [0.2, 0.25) is 0 Å². The van der Waals surface area contributed by atoms with Crippen molar-refractivity contribution in [2.75, 3.05) is 6.54 Å². The van der Waals surface area contributed by atoms with E-state index in [-0.39, 0.29) is 17.1 Å². The second kappa shape index (κ2) is 7.96. The van der Waals surface area contributed by atoms with Crippen LogP contribution in [-0.2, 0) is 9.31 Å². The van der Waals surface area contributed by atoms with Crippen LogP contribution in [-0.4, -0.2) is 30.8 Å². The SMILES string of the molecule is Cc1ccc(B2OC(C)(C)C(C)(C)O2)cc1C(=O)NCC1CCCCCC1. The molecule has 2 aliphatic rings. The highest BCUT2D eigenvalue weighted by Gasteiger charge is 2.51. The molecule has 1 saturated carbocycles. The smallest absolute Gasteiger partial charge is 0.399 e. The van der Waals surface area contributed by atoms with E-state index in [1.807, 2.05) is 52.8 Å². The van der Waals surface area contributed by atoms with Crippen molar-refractivity contribution in [3.8, 4) is 0 Å². The number of nitrogens with one attached hydrogen (secondary N) is 1. The van der Waals surface area contributed by atoms with Gasteiger partial charge in [-0.3, -0.25) is 4.79 Å². The lowest BCUT2D eigenvalue weighted by Gasteiger charge is -2.32. The van der Waals surface area contributed by atoms with Crippen LogP contribution in [0.5, 0.6) is 0 Å². The van der Waals surface area contributed by atoms with Gasteiger partial charge in [-0.05, 0) is 70.5 Å². The Hall–Kier alpha value is -1.33. The molecule has 1 amide bonds. The first kappa shape index (κ1) is 20.4. The van der Waals surface area contributed by atoms with Crippen molar-refractivity contribution in [2.45, 2.75) is 84.3 Å². The second-order valence-electron chi connectivity index (χ2n) is 9.23. The van der Waals surface area contributed by atoms with Crippen molar-refractivity contribution in [3.63, 3.8) is 0 Å². The molecule has 0 bridgehead atoms. The van der Waals surface area contributed by atoms with E-state index in [2.05, 4.69) is 5.32 Å². The van der Waals surface area contributed by atoms with Gasteiger partial charge in [0.05, 0.1) is 11.2 Å². The van der Waals surface area contributed by atoms with Gasteiger partial charge in [-0.25, -0.2) is 0 Å². The van der Waals surface area contributed by atoms with Gasteiger partial charge in [-0.1, -0.05) is 37.8 Å². The number of hydrogen-bond donors (Lipinski definition) is 1. The molecule has 1 saturated heterocycles. The van der Waals surface area contributed by atoms with Gasteiger partial charge in [0.15, 0.2) is 0 Å². The van der Waals surface area contributed by atoms with E-state index in [0.717, 1.165) is 23.1 Å². The summed E-state index contributed by atoms with van der Waals surface area (Å²) < 4.78 is 12.3. The average molecular weight is 371 g/mol.